The molecule has 1 aliphatic carbocycles. The molecule has 0 saturated carbocycles. The molecule has 1 aromatic heterocycles. The molecule has 2 nitrogen and oxygen atoms in total. The van der Waals surface area contributed by atoms with Gasteiger partial charge in [0.05, 0.1) is 5.69 Å². The quantitative estimate of drug-likeness (QED) is 0.600. The first-order chi connectivity index (χ1) is 6.29. The van der Waals surface area contributed by atoms with E-state index in [1.807, 2.05) is 6.20 Å². The fraction of sp³-hybridized carbons (Fsp3) is 0.273. The van der Waals surface area contributed by atoms with Crippen LogP contribution in [0.5, 0.6) is 0 Å². The molecule has 0 bridgehead atoms. The number of hydrogen-bond acceptors (Lipinski definition) is 2. The molecule has 0 atom stereocenters. The Morgan fingerprint density at radius 3 is 3.00 bits per heavy atom. The molecule has 0 spiro atoms. The van der Waals surface area contributed by atoms with Crippen molar-refractivity contribution < 1.29 is 0 Å². The zero-order chi connectivity index (χ0) is 9.26. The van der Waals surface area contributed by atoms with Gasteiger partial charge in [-0.2, -0.15) is 0 Å². The van der Waals surface area contributed by atoms with Crippen molar-refractivity contribution >= 4 is 5.57 Å². The van der Waals surface area contributed by atoms with Gasteiger partial charge in [0.15, 0.2) is 0 Å². The number of nitrogens with zero attached hydrogens (tertiary/aromatic N) is 2. The van der Waals surface area contributed by atoms with Gasteiger partial charge in [0.1, 0.15) is 6.33 Å². The smallest absolute Gasteiger partial charge is 0.115 e. The summed E-state index contributed by atoms with van der Waals surface area (Å²) < 4.78 is 0. The molecule has 0 radical (unpaired) electrons. The molecule has 2 heteroatoms. The van der Waals surface area contributed by atoms with E-state index in [2.05, 4.69) is 36.0 Å². The topological polar surface area (TPSA) is 25.8 Å². The minimum absolute atomic E-state index is 0.925. The minimum Gasteiger partial charge on any atom is -0.244 e. The third kappa shape index (κ3) is 1.39. The first-order valence-corrected chi connectivity index (χ1v) is 4.42. The van der Waals surface area contributed by atoms with Crippen molar-refractivity contribution in [3.8, 4) is 0 Å². The van der Waals surface area contributed by atoms with Crippen LogP contribution >= 0.6 is 0 Å². The number of aromatic nitrogens is 2. The summed E-state index contributed by atoms with van der Waals surface area (Å²) in [7, 11) is 0. The third-order valence-corrected chi connectivity index (χ3v) is 2.22. The molecule has 1 aromatic rings. The average molecular weight is 172 g/mol. The van der Waals surface area contributed by atoms with Crippen molar-refractivity contribution in [3.63, 3.8) is 0 Å². The molecule has 0 fully saturated rings. The summed E-state index contributed by atoms with van der Waals surface area (Å²) in [6.07, 6.45) is 8.74. The molecular formula is C11H12N2. The van der Waals surface area contributed by atoms with Crippen LogP contribution in [0.3, 0.4) is 0 Å². The highest BCUT2D eigenvalue weighted by atomic mass is 14.8. The lowest BCUT2D eigenvalue weighted by Gasteiger charge is -2.13. The molecule has 0 unspecified atom stereocenters. The Balaban J connectivity index is 2.62. The van der Waals surface area contributed by atoms with Crippen molar-refractivity contribution in [2.24, 2.45) is 0 Å². The molecule has 0 amide bonds. The minimum atomic E-state index is 0.925. The van der Waals surface area contributed by atoms with E-state index in [1.165, 1.54) is 16.7 Å². The van der Waals surface area contributed by atoms with Crippen LogP contribution in [0.2, 0.25) is 0 Å². The second-order valence-electron chi connectivity index (χ2n) is 3.40. The van der Waals surface area contributed by atoms with Crippen LogP contribution in [0, 0.1) is 0 Å². The average Bonchev–Trinajstić information content (AvgIpc) is 2.17. The summed E-state index contributed by atoms with van der Waals surface area (Å²) in [5, 5.41) is 0. The predicted octanol–water partition coefficient (Wildman–Crippen LogP) is 2.38. The Bertz CT molecular complexity index is 385. The van der Waals surface area contributed by atoms with Gasteiger partial charge in [-0.25, -0.2) is 9.97 Å². The van der Waals surface area contributed by atoms with Gasteiger partial charge in [-0.3, -0.25) is 0 Å². The van der Waals surface area contributed by atoms with Gasteiger partial charge >= 0.3 is 0 Å². The van der Waals surface area contributed by atoms with Crippen molar-refractivity contribution in [2.45, 2.75) is 20.3 Å². The van der Waals surface area contributed by atoms with E-state index in [1.54, 1.807) is 6.33 Å². The van der Waals surface area contributed by atoms with Crippen LogP contribution in [-0.2, 0) is 6.42 Å². The van der Waals surface area contributed by atoms with Gasteiger partial charge in [-0.1, -0.05) is 17.7 Å². The summed E-state index contributed by atoms with van der Waals surface area (Å²) in [6, 6.07) is 0. The van der Waals surface area contributed by atoms with Gasteiger partial charge < -0.3 is 0 Å². The maximum atomic E-state index is 4.26. The van der Waals surface area contributed by atoms with E-state index in [4.69, 9.17) is 0 Å². The molecule has 13 heavy (non-hydrogen) atoms. The Labute approximate surface area is 78.0 Å². The van der Waals surface area contributed by atoms with Crippen LogP contribution in [-0.4, -0.2) is 9.97 Å². The van der Waals surface area contributed by atoms with Crippen LogP contribution < -0.4 is 0 Å². The van der Waals surface area contributed by atoms with Crippen LogP contribution in [0.1, 0.15) is 25.1 Å². The Morgan fingerprint density at radius 1 is 1.38 bits per heavy atom. The van der Waals surface area contributed by atoms with E-state index in [0.717, 1.165) is 12.1 Å². The molecule has 0 saturated heterocycles. The fourth-order valence-corrected chi connectivity index (χ4v) is 1.56. The lowest BCUT2D eigenvalue weighted by molar-refractivity contribution is 1.02. The Kier molecular flexibility index (Phi) is 1.97. The molecule has 1 heterocycles. The summed E-state index contributed by atoms with van der Waals surface area (Å²) >= 11 is 0. The van der Waals surface area contributed by atoms with Gasteiger partial charge in [0.2, 0.25) is 0 Å². The normalized spacial score (nSPS) is 14.2. The first kappa shape index (κ1) is 8.17. The molecule has 0 aromatic carbocycles. The van der Waals surface area contributed by atoms with Gasteiger partial charge in [0.25, 0.3) is 0 Å². The summed E-state index contributed by atoms with van der Waals surface area (Å²) in [5.41, 5.74) is 4.90. The zero-order valence-corrected chi connectivity index (χ0v) is 7.91. The second kappa shape index (κ2) is 3.13. The van der Waals surface area contributed by atoms with E-state index >= 15 is 0 Å². The largest absolute Gasteiger partial charge is 0.244 e. The predicted molar refractivity (Wildman–Crippen MR) is 53.1 cm³/mol. The summed E-state index contributed by atoms with van der Waals surface area (Å²) in [4.78, 5) is 8.31. The number of rotatable bonds is 0. The van der Waals surface area contributed by atoms with E-state index in [-0.39, 0.29) is 0 Å². The standard InChI is InChI=1S/C11H12N2/c1-8(2)9-4-3-5-11-10(9)6-12-7-13-11/h3-4,6-7H,5H2,1-2H3. The molecular weight excluding hydrogens is 160 g/mol. The summed E-state index contributed by atoms with van der Waals surface area (Å²) in [6.45, 7) is 4.23. The molecule has 66 valence electrons. The van der Waals surface area contributed by atoms with Crippen molar-refractivity contribution in [1.82, 2.24) is 9.97 Å². The lowest BCUT2D eigenvalue weighted by Crippen LogP contribution is -2.01. The van der Waals surface area contributed by atoms with Gasteiger partial charge in [-0.05, 0) is 19.4 Å². The van der Waals surface area contributed by atoms with E-state index in [9.17, 15) is 0 Å². The van der Waals surface area contributed by atoms with Gasteiger partial charge in [0, 0.05) is 18.2 Å². The van der Waals surface area contributed by atoms with Crippen LogP contribution in [0.15, 0.2) is 30.2 Å². The molecule has 0 N–H and O–H groups in total. The highest BCUT2D eigenvalue weighted by molar-refractivity contribution is 5.78. The molecule has 1 aliphatic rings. The molecule has 0 aliphatic heterocycles. The van der Waals surface area contributed by atoms with Crippen molar-refractivity contribution in [2.75, 3.05) is 0 Å². The lowest BCUT2D eigenvalue weighted by atomic mass is 9.95. The maximum absolute atomic E-state index is 4.26. The van der Waals surface area contributed by atoms with Crippen LogP contribution in [0.25, 0.3) is 5.57 Å². The van der Waals surface area contributed by atoms with Crippen molar-refractivity contribution in [3.05, 3.63) is 41.5 Å². The SMILES string of the molecule is CC(C)=C1C=CCc2ncncc21. The third-order valence-electron chi connectivity index (χ3n) is 2.22. The Morgan fingerprint density at radius 2 is 2.23 bits per heavy atom. The number of hydrogen-bond donors (Lipinski definition) is 0. The summed E-state index contributed by atoms with van der Waals surface area (Å²) in [5.74, 6) is 0. The van der Waals surface area contributed by atoms with E-state index in [0.29, 0.717) is 0 Å². The van der Waals surface area contributed by atoms with E-state index < -0.39 is 0 Å². The number of fused-ring (bicyclic) bond motifs is 1. The van der Waals surface area contributed by atoms with Gasteiger partial charge in [-0.15, -0.1) is 0 Å². The van der Waals surface area contributed by atoms with Crippen molar-refractivity contribution in [1.29, 1.82) is 0 Å². The zero-order valence-electron chi connectivity index (χ0n) is 7.91. The second-order valence-corrected chi connectivity index (χ2v) is 3.40. The highest BCUT2D eigenvalue weighted by Gasteiger charge is 2.10. The van der Waals surface area contributed by atoms with Crippen LogP contribution in [0.4, 0.5) is 0 Å². The monoisotopic (exact) mass is 172 g/mol. The molecule has 2 rings (SSSR count). The first-order valence-electron chi connectivity index (χ1n) is 4.42. The Hall–Kier alpha value is -1.44. The number of allylic oxidation sites excluding steroid dienone is 4. The highest BCUT2D eigenvalue weighted by Crippen LogP contribution is 2.25. The maximum Gasteiger partial charge on any atom is 0.115 e. The fourth-order valence-electron chi connectivity index (χ4n) is 1.56.